The average Bonchev–Trinajstić information content (AvgIpc) is 2.82. The number of carbonyl (C=O) groups excluding carboxylic acids is 1. The van der Waals surface area contributed by atoms with Crippen LogP contribution < -0.4 is 10.6 Å². The van der Waals surface area contributed by atoms with Gasteiger partial charge >= 0.3 is 0 Å². The number of nitrogens with one attached hydrogen (secondary N) is 2. The maximum atomic E-state index is 11.4. The van der Waals surface area contributed by atoms with Gasteiger partial charge < -0.3 is 15.5 Å². The number of halogens is 1. The third-order valence-electron chi connectivity index (χ3n) is 2.69. The van der Waals surface area contributed by atoms with Gasteiger partial charge in [-0.3, -0.25) is 9.79 Å². The lowest BCUT2D eigenvalue weighted by molar-refractivity contribution is -0.128. The van der Waals surface area contributed by atoms with Crippen LogP contribution in [0.25, 0.3) is 0 Å². The minimum atomic E-state index is 0. The summed E-state index contributed by atoms with van der Waals surface area (Å²) in [6.07, 6.45) is 1.32. The molecule has 0 unspecified atom stereocenters. The van der Waals surface area contributed by atoms with Crippen molar-refractivity contribution in [3.05, 3.63) is 16.1 Å². The predicted octanol–water partition coefficient (Wildman–Crippen LogP) is 1.26. The Morgan fingerprint density at radius 2 is 2.05 bits per heavy atom. The molecule has 0 aliphatic rings. The van der Waals surface area contributed by atoms with Crippen LogP contribution in [0.1, 0.15) is 17.1 Å². The molecular weight excluding hydrogens is 401 g/mol. The number of carbonyl (C=O) groups is 1. The van der Waals surface area contributed by atoms with Crippen LogP contribution in [0.2, 0.25) is 0 Å². The molecule has 0 saturated carbocycles. The van der Waals surface area contributed by atoms with Crippen LogP contribution in [-0.2, 0) is 11.2 Å². The fourth-order valence-corrected chi connectivity index (χ4v) is 2.21. The zero-order valence-corrected chi connectivity index (χ0v) is 16.1. The van der Waals surface area contributed by atoms with Gasteiger partial charge in [0.15, 0.2) is 5.96 Å². The van der Waals surface area contributed by atoms with Crippen LogP contribution in [0, 0.1) is 6.92 Å². The van der Waals surface area contributed by atoms with E-state index >= 15 is 0 Å². The number of thiazole rings is 1. The summed E-state index contributed by atoms with van der Waals surface area (Å²) in [4.78, 5) is 21.5. The van der Waals surface area contributed by atoms with Gasteiger partial charge in [-0.25, -0.2) is 4.98 Å². The van der Waals surface area contributed by atoms with Gasteiger partial charge in [0.1, 0.15) is 0 Å². The molecule has 8 heteroatoms. The first kappa shape index (κ1) is 20.1. The summed E-state index contributed by atoms with van der Waals surface area (Å²) in [5.41, 5.74) is 1.10. The third-order valence-corrected chi connectivity index (χ3v) is 3.52. The summed E-state index contributed by atoms with van der Waals surface area (Å²) in [6.45, 7) is 3.35. The SMILES string of the molecule is CN=C(NCCC(=O)N(C)C)NCCc1csc(C)n1.I. The van der Waals surface area contributed by atoms with Gasteiger partial charge in [0.25, 0.3) is 0 Å². The molecule has 1 aromatic heterocycles. The van der Waals surface area contributed by atoms with Crippen molar-refractivity contribution in [3.8, 4) is 0 Å². The van der Waals surface area contributed by atoms with Gasteiger partial charge in [-0.2, -0.15) is 0 Å². The van der Waals surface area contributed by atoms with Gasteiger partial charge in [-0.05, 0) is 6.92 Å². The molecule has 6 nitrogen and oxygen atoms in total. The summed E-state index contributed by atoms with van der Waals surface area (Å²) in [5, 5.41) is 9.49. The third kappa shape index (κ3) is 8.20. The zero-order chi connectivity index (χ0) is 15.0. The second kappa shape index (κ2) is 10.8. The van der Waals surface area contributed by atoms with E-state index in [-0.39, 0.29) is 29.9 Å². The van der Waals surface area contributed by atoms with Crippen molar-refractivity contribution in [2.45, 2.75) is 19.8 Å². The molecule has 0 spiro atoms. The van der Waals surface area contributed by atoms with Gasteiger partial charge in [0.2, 0.25) is 5.91 Å². The molecule has 0 aliphatic carbocycles. The van der Waals surface area contributed by atoms with Crippen LogP contribution in [0.4, 0.5) is 0 Å². The van der Waals surface area contributed by atoms with E-state index in [2.05, 4.69) is 26.0 Å². The molecule has 0 radical (unpaired) electrons. The van der Waals surface area contributed by atoms with E-state index in [0.29, 0.717) is 18.9 Å². The van der Waals surface area contributed by atoms with Crippen molar-refractivity contribution in [2.24, 2.45) is 4.99 Å². The fraction of sp³-hybridized carbons (Fsp3) is 0.615. The van der Waals surface area contributed by atoms with Crippen LogP contribution in [0.15, 0.2) is 10.4 Å². The van der Waals surface area contributed by atoms with E-state index in [9.17, 15) is 4.79 Å². The largest absolute Gasteiger partial charge is 0.356 e. The molecule has 1 rings (SSSR count). The smallest absolute Gasteiger partial charge is 0.223 e. The lowest BCUT2D eigenvalue weighted by Crippen LogP contribution is -2.40. The van der Waals surface area contributed by atoms with Crippen molar-refractivity contribution in [3.63, 3.8) is 0 Å². The number of nitrogens with zero attached hydrogens (tertiary/aromatic N) is 3. The highest BCUT2D eigenvalue weighted by Crippen LogP contribution is 2.07. The van der Waals surface area contributed by atoms with E-state index in [1.165, 1.54) is 0 Å². The van der Waals surface area contributed by atoms with Crippen LogP contribution in [0.5, 0.6) is 0 Å². The summed E-state index contributed by atoms with van der Waals surface area (Å²) >= 11 is 1.66. The minimum absolute atomic E-state index is 0. The van der Waals surface area contributed by atoms with E-state index in [1.54, 1.807) is 37.4 Å². The standard InChI is InChI=1S/C13H23N5OS.HI/c1-10-17-11(9-20-10)5-7-15-13(14-2)16-8-6-12(19)18(3)4;/h9H,5-8H2,1-4H3,(H2,14,15,16);1H. The Kier molecular flexibility index (Phi) is 10.3. The Bertz CT molecular complexity index is 461. The Labute approximate surface area is 147 Å². The van der Waals surface area contributed by atoms with Gasteiger partial charge in [-0.15, -0.1) is 35.3 Å². The van der Waals surface area contributed by atoms with Crippen LogP contribution >= 0.6 is 35.3 Å². The quantitative estimate of drug-likeness (QED) is 0.409. The number of hydrogen-bond donors (Lipinski definition) is 2. The van der Waals surface area contributed by atoms with Crippen molar-refractivity contribution >= 4 is 47.2 Å². The molecule has 0 aromatic carbocycles. The van der Waals surface area contributed by atoms with Crippen molar-refractivity contribution in [1.29, 1.82) is 0 Å². The topological polar surface area (TPSA) is 69.6 Å². The predicted molar refractivity (Wildman–Crippen MR) is 98.6 cm³/mol. The first-order chi connectivity index (χ1) is 9.52. The number of aromatic nitrogens is 1. The van der Waals surface area contributed by atoms with Crippen molar-refractivity contribution < 1.29 is 4.79 Å². The molecular formula is C13H24IN5OS. The molecule has 1 heterocycles. The average molecular weight is 425 g/mol. The number of rotatable bonds is 6. The molecule has 1 amide bonds. The second-order valence-electron chi connectivity index (χ2n) is 4.57. The highest BCUT2D eigenvalue weighted by Gasteiger charge is 2.04. The number of aliphatic imine (C=N–C) groups is 1. The van der Waals surface area contributed by atoms with Crippen molar-refractivity contribution in [1.82, 2.24) is 20.5 Å². The second-order valence-corrected chi connectivity index (χ2v) is 5.63. The molecule has 21 heavy (non-hydrogen) atoms. The van der Waals surface area contributed by atoms with Crippen molar-refractivity contribution in [2.75, 3.05) is 34.2 Å². The van der Waals surface area contributed by atoms with E-state index in [1.807, 2.05) is 6.92 Å². The molecule has 0 atom stereocenters. The van der Waals surface area contributed by atoms with Crippen LogP contribution in [-0.4, -0.2) is 56.0 Å². The summed E-state index contributed by atoms with van der Waals surface area (Å²) in [7, 11) is 5.23. The molecule has 0 bridgehead atoms. The number of aryl methyl sites for hydroxylation is 1. The minimum Gasteiger partial charge on any atom is -0.356 e. The molecule has 2 N–H and O–H groups in total. The van der Waals surface area contributed by atoms with E-state index < -0.39 is 0 Å². The molecule has 0 fully saturated rings. The maximum absolute atomic E-state index is 11.4. The van der Waals surface area contributed by atoms with Gasteiger partial charge in [0, 0.05) is 52.5 Å². The number of amides is 1. The Morgan fingerprint density at radius 1 is 1.38 bits per heavy atom. The zero-order valence-electron chi connectivity index (χ0n) is 13.0. The normalized spacial score (nSPS) is 10.8. The van der Waals surface area contributed by atoms with E-state index in [0.717, 1.165) is 23.7 Å². The summed E-state index contributed by atoms with van der Waals surface area (Å²) in [6, 6.07) is 0. The maximum Gasteiger partial charge on any atom is 0.223 e. The Morgan fingerprint density at radius 3 is 2.57 bits per heavy atom. The highest BCUT2D eigenvalue weighted by molar-refractivity contribution is 14.0. The fourth-order valence-electron chi connectivity index (χ4n) is 1.56. The first-order valence-electron chi connectivity index (χ1n) is 6.58. The lowest BCUT2D eigenvalue weighted by atomic mass is 10.3. The Hall–Kier alpha value is -0.900. The summed E-state index contributed by atoms with van der Waals surface area (Å²) in [5.74, 6) is 0.814. The lowest BCUT2D eigenvalue weighted by Gasteiger charge is -2.13. The molecule has 120 valence electrons. The molecule has 1 aromatic rings. The first-order valence-corrected chi connectivity index (χ1v) is 7.46. The van der Waals surface area contributed by atoms with Gasteiger partial charge in [0.05, 0.1) is 10.7 Å². The van der Waals surface area contributed by atoms with Crippen LogP contribution in [0.3, 0.4) is 0 Å². The molecule has 0 saturated heterocycles. The highest BCUT2D eigenvalue weighted by atomic mass is 127. The van der Waals surface area contributed by atoms with Gasteiger partial charge in [-0.1, -0.05) is 0 Å². The number of guanidine groups is 1. The van der Waals surface area contributed by atoms with E-state index in [4.69, 9.17) is 0 Å². The Balaban J connectivity index is 0.00000400. The molecule has 0 aliphatic heterocycles. The number of hydrogen-bond acceptors (Lipinski definition) is 4. The monoisotopic (exact) mass is 425 g/mol. The summed E-state index contributed by atoms with van der Waals surface area (Å²) < 4.78 is 0.